The summed E-state index contributed by atoms with van der Waals surface area (Å²) in [5.74, 6) is -1.55. The minimum atomic E-state index is -1.46. The number of rotatable bonds is 6. The Morgan fingerprint density at radius 1 is 1.32 bits per heavy atom. The molecular weight excluding hydrogens is 250 g/mol. The third-order valence-corrected chi connectivity index (χ3v) is 2.08. The van der Waals surface area contributed by atoms with Crippen molar-refractivity contribution in [3.05, 3.63) is 36.4 Å². The fraction of sp³-hybridized carbons (Fsp3) is 0.167. The van der Waals surface area contributed by atoms with Crippen molar-refractivity contribution in [2.75, 3.05) is 10.8 Å². The van der Waals surface area contributed by atoms with Gasteiger partial charge in [0.15, 0.2) is 0 Å². The van der Waals surface area contributed by atoms with Gasteiger partial charge < -0.3 is 10.4 Å². The van der Waals surface area contributed by atoms with Crippen molar-refractivity contribution >= 4 is 23.3 Å². The maximum Gasteiger partial charge on any atom is 0.350 e. The zero-order valence-electron chi connectivity index (χ0n) is 10.3. The summed E-state index contributed by atoms with van der Waals surface area (Å²) in [7, 11) is 0. The Morgan fingerprint density at radius 3 is 2.32 bits per heavy atom. The summed E-state index contributed by atoms with van der Waals surface area (Å²) in [6.07, 6.45) is -1.46. The fourth-order valence-electron chi connectivity index (χ4n) is 1.04. The molecule has 1 aromatic carbocycles. The van der Waals surface area contributed by atoms with Gasteiger partial charge in [0.25, 0.3) is 5.91 Å². The number of aliphatic carboxylic acids is 1. The molecule has 1 aromatic rings. The zero-order chi connectivity index (χ0) is 14.4. The molecule has 0 aliphatic rings. The van der Waals surface area contributed by atoms with Gasteiger partial charge in [-0.15, -0.1) is 0 Å². The van der Waals surface area contributed by atoms with E-state index in [0.717, 1.165) is 0 Å². The number of hydrogen-bond donors (Lipinski definition) is 4. The summed E-state index contributed by atoms with van der Waals surface area (Å²) in [6.45, 7) is 5.12. The van der Waals surface area contributed by atoms with Gasteiger partial charge in [-0.2, -0.15) is 0 Å². The molecule has 0 aromatic heterocycles. The molecule has 0 spiro atoms. The smallest absolute Gasteiger partial charge is 0.350 e. The SMILES string of the molecule is C=C(C)C(=O)Nc1ccc(NOC(N)C(=O)O)cc1. The Morgan fingerprint density at radius 2 is 1.84 bits per heavy atom. The summed E-state index contributed by atoms with van der Waals surface area (Å²) in [5, 5.41) is 11.1. The summed E-state index contributed by atoms with van der Waals surface area (Å²) in [5.41, 5.74) is 9.03. The molecule has 0 fully saturated rings. The van der Waals surface area contributed by atoms with Crippen molar-refractivity contribution in [3.63, 3.8) is 0 Å². The Balaban J connectivity index is 2.54. The van der Waals surface area contributed by atoms with Crippen molar-refractivity contribution in [2.45, 2.75) is 13.2 Å². The highest BCUT2D eigenvalue weighted by Crippen LogP contribution is 2.14. The molecule has 102 valence electrons. The van der Waals surface area contributed by atoms with Crippen molar-refractivity contribution in [1.29, 1.82) is 0 Å². The average molecular weight is 265 g/mol. The highest BCUT2D eigenvalue weighted by Gasteiger charge is 2.11. The van der Waals surface area contributed by atoms with Crippen molar-refractivity contribution in [3.8, 4) is 0 Å². The van der Waals surface area contributed by atoms with E-state index in [4.69, 9.17) is 10.8 Å². The van der Waals surface area contributed by atoms with Gasteiger partial charge in [-0.05, 0) is 31.2 Å². The Kier molecular flexibility index (Phi) is 5.04. The average Bonchev–Trinajstić information content (AvgIpc) is 2.37. The fourth-order valence-corrected chi connectivity index (χ4v) is 1.04. The topological polar surface area (TPSA) is 114 Å². The number of hydrogen-bond acceptors (Lipinski definition) is 5. The van der Waals surface area contributed by atoms with Crippen LogP contribution < -0.4 is 16.5 Å². The van der Waals surface area contributed by atoms with E-state index in [1.807, 2.05) is 0 Å². The maximum absolute atomic E-state index is 11.4. The molecule has 0 radical (unpaired) electrons. The van der Waals surface area contributed by atoms with E-state index in [-0.39, 0.29) is 5.91 Å². The Hall–Kier alpha value is -2.38. The second-order valence-corrected chi connectivity index (χ2v) is 3.79. The lowest BCUT2D eigenvalue weighted by molar-refractivity contribution is -0.148. The molecule has 1 rings (SSSR count). The molecule has 0 aliphatic carbocycles. The van der Waals surface area contributed by atoms with Crippen LogP contribution in [0.3, 0.4) is 0 Å². The quantitative estimate of drug-likeness (QED) is 0.345. The van der Waals surface area contributed by atoms with E-state index >= 15 is 0 Å². The van der Waals surface area contributed by atoms with E-state index in [0.29, 0.717) is 16.9 Å². The Bertz CT molecular complexity index is 484. The first kappa shape index (κ1) is 14.7. The zero-order valence-corrected chi connectivity index (χ0v) is 10.3. The largest absolute Gasteiger partial charge is 0.478 e. The van der Waals surface area contributed by atoms with Crippen molar-refractivity contribution < 1.29 is 19.5 Å². The number of anilines is 2. The van der Waals surface area contributed by atoms with Crippen LogP contribution in [0.5, 0.6) is 0 Å². The van der Waals surface area contributed by atoms with E-state index < -0.39 is 12.2 Å². The second-order valence-electron chi connectivity index (χ2n) is 3.79. The number of benzene rings is 1. The van der Waals surface area contributed by atoms with Crippen LogP contribution >= 0.6 is 0 Å². The summed E-state index contributed by atoms with van der Waals surface area (Å²) >= 11 is 0. The number of carbonyl (C=O) groups is 2. The number of carboxylic acids is 1. The predicted octanol–water partition coefficient (Wildman–Crippen LogP) is 0.914. The third kappa shape index (κ3) is 4.78. The molecule has 0 heterocycles. The van der Waals surface area contributed by atoms with Gasteiger partial charge in [0.05, 0.1) is 5.69 Å². The number of carbonyl (C=O) groups excluding carboxylic acids is 1. The van der Waals surface area contributed by atoms with Gasteiger partial charge in [0.1, 0.15) is 0 Å². The van der Waals surface area contributed by atoms with E-state index in [9.17, 15) is 9.59 Å². The molecule has 1 unspecified atom stereocenters. The minimum Gasteiger partial charge on any atom is -0.478 e. The predicted molar refractivity (Wildman–Crippen MR) is 70.2 cm³/mol. The molecule has 19 heavy (non-hydrogen) atoms. The van der Waals surface area contributed by atoms with Crippen LogP contribution in [0.1, 0.15) is 6.92 Å². The molecule has 7 heteroatoms. The molecule has 0 saturated carbocycles. The maximum atomic E-state index is 11.4. The molecule has 5 N–H and O–H groups in total. The first-order chi connectivity index (χ1) is 8.90. The van der Waals surface area contributed by atoms with Crippen LogP contribution in [-0.2, 0) is 14.4 Å². The van der Waals surface area contributed by atoms with Crippen molar-refractivity contribution in [2.24, 2.45) is 5.73 Å². The first-order valence-corrected chi connectivity index (χ1v) is 5.37. The molecule has 0 saturated heterocycles. The Labute approximate surface area is 110 Å². The third-order valence-electron chi connectivity index (χ3n) is 2.08. The lowest BCUT2D eigenvalue weighted by Gasteiger charge is -2.11. The van der Waals surface area contributed by atoms with Crippen LogP contribution in [0.15, 0.2) is 36.4 Å². The van der Waals surface area contributed by atoms with Crippen molar-refractivity contribution in [1.82, 2.24) is 0 Å². The molecule has 7 nitrogen and oxygen atoms in total. The highest BCUT2D eigenvalue weighted by atomic mass is 16.7. The normalized spacial score (nSPS) is 11.5. The monoisotopic (exact) mass is 265 g/mol. The van der Waals surface area contributed by atoms with Gasteiger partial charge >= 0.3 is 5.97 Å². The van der Waals surface area contributed by atoms with E-state index in [2.05, 4.69) is 22.2 Å². The lowest BCUT2D eigenvalue weighted by atomic mass is 10.2. The molecule has 0 aliphatic heterocycles. The van der Waals surface area contributed by atoms with Crippen LogP contribution in [0.4, 0.5) is 11.4 Å². The summed E-state index contributed by atoms with van der Waals surface area (Å²) in [4.78, 5) is 26.4. The molecule has 0 bridgehead atoms. The first-order valence-electron chi connectivity index (χ1n) is 5.37. The van der Waals surface area contributed by atoms with Crippen LogP contribution in [0, 0.1) is 0 Å². The van der Waals surface area contributed by atoms with Crippen LogP contribution in [-0.4, -0.2) is 23.2 Å². The standard InChI is InChI=1S/C12H15N3O4/c1-7(2)11(16)14-8-3-5-9(6-4-8)15-19-10(13)12(17)18/h3-6,10,15H,1,13H2,2H3,(H,14,16)(H,17,18). The molecular formula is C12H15N3O4. The number of amides is 1. The van der Waals surface area contributed by atoms with Gasteiger partial charge in [-0.1, -0.05) is 6.58 Å². The summed E-state index contributed by atoms with van der Waals surface area (Å²) in [6, 6.07) is 6.45. The van der Waals surface area contributed by atoms with E-state index in [1.54, 1.807) is 31.2 Å². The van der Waals surface area contributed by atoms with Crippen LogP contribution in [0.2, 0.25) is 0 Å². The lowest BCUT2D eigenvalue weighted by Crippen LogP contribution is -2.34. The minimum absolute atomic E-state index is 0.273. The van der Waals surface area contributed by atoms with Gasteiger partial charge in [-0.25, -0.2) is 9.63 Å². The molecule has 1 amide bonds. The van der Waals surface area contributed by atoms with Gasteiger partial charge in [0.2, 0.25) is 6.23 Å². The molecule has 1 atom stereocenters. The van der Waals surface area contributed by atoms with Gasteiger partial charge in [-0.3, -0.25) is 16.0 Å². The summed E-state index contributed by atoms with van der Waals surface area (Å²) < 4.78 is 0. The number of nitrogens with two attached hydrogens (primary N) is 1. The highest BCUT2D eigenvalue weighted by molar-refractivity contribution is 6.02. The van der Waals surface area contributed by atoms with E-state index in [1.165, 1.54) is 0 Å². The second kappa shape index (κ2) is 6.53. The van der Waals surface area contributed by atoms with Gasteiger partial charge in [0, 0.05) is 11.3 Å². The van der Waals surface area contributed by atoms with Crippen LogP contribution in [0.25, 0.3) is 0 Å². The number of carboxylic acid groups (broad SMARTS) is 1. The number of nitrogens with one attached hydrogen (secondary N) is 2.